The Labute approximate surface area is 154 Å². The van der Waals surface area contributed by atoms with Crippen molar-refractivity contribution in [3.63, 3.8) is 0 Å². The molecule has 1 fully saturated rings. The molecule has 0 atom stereocenters. The molecule has 7 nitrogen and oxygen atoms in total. The number of rotatable bonds is 7. The van der Waals surface area contributed by atoms with Gasteiger partial charge in [0.15, 0.2) is 0 Å². The molecule has 7 heteroatoms. The minimum Gasteiger partial charge on any atom is -0.478 e. The predicted octanol–water partition coefficient (Wildman–Crippen LogP) is 2.51. The van der Waals surface area contributed by atoms with Gasteiger partial charge in [-0.05, 0) is 44.8 Å². The van der Waals surface area contributed by atoms with E-state index < -0.39 is 11.9 Å². The van der Waals surface area contributed by atoms with Crippen LogP contribution in [0.1, 0.15) is 38.0 Å². The predicted molar refractivity (Wildman–Crippen MR) is 99.0 cm³/mol. The van der Waals surface area contributed by atoms with Crippen molar-refractivity contribution < 1.29 is 24.2 Å². The second kappa shape index (κ2) is 11.5. The maximum Gasteiger partial charge on any atom is 0.328 e. The molecule has 1 aliphatic rings. The summed E-state index contributed by atoms with van der Waals surface area (Å²) in [4.78, 5) is 21.7. The normalized spacial score (nSPS) is 15.3. The Morgan fingerprint density at radius 1 is 1.27 bits per heavy atom. The van der Waals surface area contributed by atoms with Crippen LogP contribution in [0.25, 0.3) is 0 Å². The standard InChI is InChI=1S/C15H26N2O.C4H4O4/c1-12(2)10-17(15-4-7-16-8-5-15)11-14-6-9-18-13(14)3;5-3(6)1-2-4(7)8/h6,9,12,15-16H,4-5,7-8,10-11H2,1-3H3;1-2H,(H,5,6)(H,7,8)/b;2-1+. The molecule has 1 aliphatic heterocycles. The van der Waals surface area contributed by atoms with Crippen molar-refractivity contribution in [2.24, 2.45) is 5.92 Å². The lowest BCUT2D eigenvalue weighted by Crippen LogP contribution is -2.44. The molecule has 26 heavy (non-hydrogen) atoms. The van der Waals surface area contributed by atoms with Gasteiger partial charge in [-0.2, -0.15) is 0 Å². The van der Waals surface area contributed by atoms with Crippen molar-refractivity contribution in [3.05, 3.63) is 35.8 Å². The first kappa shape index (κ1) is 21.9. The number of aryl methyl sites for hydroxylation is 1. The van der Waals surface area contributed by atoms with Crippen LogP contribution in [0.2, 0.25) is 0 Å². The topological polar surface area (TPSA) is 103 Å². The number of furan rings is 1. The van der Waals surface area contributed by atoms with Gasteiger partial charge in [0, 0.05) is 36.8 Å². The van der Waals surface area contributed by atoms with Crippen molar-refractivity contribution in [2.75, 3.05) is 19.6 Å². The van der Waals surface area contributed by atoms with Crippen LogP contribution in [-0.4, -0.2) is 52.7 Å². The van der Waals surface area contributed by atoms with Gasteiger partial charge >= 0.3 is 11.9 Å². The summed E-state index contributed by atoms with van der Waals surface area (Å²) in [6, 6.07) is 2.84. The Morgan fingerprint density at radius 3 is 2.27 bits per heavy atom. The fraction of sp³-hybridized carbons (Fsp3) is 0.579. The average molecular weight is 366 g/mol. The molecule has 1 aromatic rings. The molecule has 3 N–H and O–H groups in total. The van der Waals surface area contributed by atoms with Gasteiger partial charge < -0.3 is 19.9 Å². The Hall–Kier alpha value is -2.12. The van der Waals surface area contributed by atoms with Crippen LogP contribution in [0, 0.1) is 12.8 Å². The Kier molecular flexibility index (Phi) is 9.69. The van der Waals surface area contributed by atoms with Crippen molar-refractivity contribution in [2.45, 2.75) is 46.2 Å². The number of nitrogens with zero attached hydrogens (tertiary/aromatic N) is 1. The zero-order valence-corrected chi connectivity index (χ0v) is 15.8. The number of carboxylic acid groups (broad SMARTS) is 2. The first-order valence-corrected chi connectivity index (χ1v) is 8.91. The molecule has 0 aliphatic carbocycles. The number of hydrogen-bond donors (Lipinski definition) is 3. The third-order valence-electron chi connectivity index (χ3n) is 4.13. The molecule has 0 amide bonds. The Bertz CT molecular complexity index is 573. The summed E-state index contributed by atoms with van der Waals surface area (Å²) in [7, 11) is 0. The fourth-order valence-corrected chi connectivity index (χ4v) is 2.92. The van der Waals surface area contributed by atoms with Gasteiger partial charge in [-0.1, -0.05) is 13.8 Å². The minimum atomic E-state index is -1.26. The number of hydrogen-bond acceptors (Lipinski definition) is 5. The summed E-state index contributed by atoms with van der Waals surface area (Å²) in [6.07, 6.45) is 5.46. The van der Waals surface area contributed by atoms with E-state index in [0.717, 1.165) is 31.4 Å². The van der Waals surface area contributed by atoms with Crippen molar-refractivity contribution in [3.8, 4) is 0 Å². The summed E-state index contributed by atoms with van der Waals surface area (Å²) in [5, 5.41) is 19.1. The maximum absolute atomic E-state index is 9.55. The number of nitrogens with one attached hydrogen (secondary N) is 1. The van der Waals surface area contributed by atoms with Gasteiger partial charge in [0.05, 0.1) is 6.26 Å². The van der Waals surface area contributed by atoms with E-state index in [-0.39, 0.29) is 0 Å². The van der Waals surface area contributed by atoms with Crippen molar-refractivity contribution >= 4 is 11.9 Å². The summed E-state index contributed by atoms with van der Waals surface area (Å²) in [5.74, 6) is -0.732. The van der Waals surface area contributed by atoms with Crippen LogP contribution in [0.4, 0.5) is 0 Å². The van der Waals surface area contributed by atoms with Crippen LogP contribution in [0.5, 0.6) is 0 Å². The summed E-state index contributed by atoms with van der Waals surface area (Å²) < 4.78 is 5.42. The summed E-state index contributed by atoms with van der Waals surface area (Å²) >= 11 is 0. The molecule has 0 saturated carbocycles. The van der Waals surface area contributed by atoms with E-state index in [1.165, 1.54) is 24.9 Å². The van der Waals surface area contributed by atoms with Crippen LogP contribution in [0.15, 0.2) is 28.9 Å². The molecule has 0 aromatic carbocycles. The van der Waals surface area contributed by atoms with E-state index in [2.05, 4.69) is 37.1 Å². The van der Waals surface area contributed by atoms with Crippen LogP contribution in [0.3, 0.4) is 0 Å². The highest BCUT2D eigenvalue weighted by molar-refractivity contribution is 5.89. The van der Waals surface area contributed by atoms with E-state index in [1.807, 2.05) is 0 Å². The fourth-order valence-electron chi connectivity index (χ4n) is 2.92. The van der Waals surface area contributed by atoms with E-state index in [9.17, 15) is 9.59 Å². The molecule has 2 heterocycles. The molecular weight excluding hydrogens is 336 g/mol. The summed E-state index contributed by atoms with van der Waals surface area (Å²) in [6.45, 7) is 11.2. The lowest BCUT2D eigenvalue weighted by Gasteiger charge is -2.35. The monoisotopic (exact) mass is 366 g/mol. The van der Waals surface area contributed by atoms with Crippen molar-refractivity contribution in [1.82, 2.24) is 10.2 Å². The lowest BCUT2D eigenvalue weighted by atomic mass is 10.0. The third kappa shape index (κ3) is 8.82. The number of carboxylic acids is 2. The zero-order chi connectivity index (χ0) is 19.5. The molecule has 0 spiro atoms. The van der Waals surface area contributed by atoms with Gasteiger partial charge in [-0.15, -0.1) is 0 Å². The molecule has 1 aromatic heterocycles. The second-order valence-corrected chi connectivity index (χ2v) is 6.82. The van der Waals surface area contributed by atoms with Gasteiger partial charge in [0.1, 0.15) is 5.76 Å². The van der Waals surface area contributed by atoms with Crippen LogP contribution in [-0.2, 0) is 16.1 Å². The van der Waals surface area contributed by atoms with E-state index in [1.54, 1.807) is 6.26 Å². The molecule has 0 unspecified atom stereocenters. The third-order valence-corrected chi connectivity index (χ3v) is 4.13. The molecule has 0 radical (unpaired) electrons. The number of carbonyl (C=O) groups is 2. The second-order valence-electron chi connectivity index (χ2n) is 6.82. The highest BCUT2D eigenvalue weighted by Crippen LogP contribution is 2.19. The van der Waals surface area contributed by atoms with Crippen LogP contribution < -0.4 is 5.32 Å². The lowest BCUT2D eigenvalue weighted by molar-refractivity contribution is -0.134. The molecule has 2 rings (SSSR count). The smallest absolute Gasteiger partial charge is 0.328 e. The Balaban J connectivity index is 0.000000359. The van der Waals surface area contributed by atoms with Gasteiger partial charge in [-0.3, -0.25) is 4.90 Å². The zero-order valence-electron chi connectivity index (χ0n) is 15.8. The van der Waals surface area contributed by atoms with Gasteiger partial charge in [-0.25, -0.2) is 9.59 Å². The maximum atomic E-state index is 9.55. The highest BCUT2D eigenvalue weighted by Gasteiger charge is 2.22. The van der Waals surface area contributed by atoms with Gasteiger partial charge in [0.25, 0.3) is 0 Å². The first-order valence-electron chi connectivity index (χ1n) is 8.91. The largest absolute Gasteiger partial charge is 0.478 e. The summed E-state index contributed by atoms with van der Waals surface area (Å²) in [5.41, 5.74) is 1.34. The average Bonchev–Trinajstić information content (AvgIpc) is 2.98. The molecular formula is C19H30N2O5. The Morgan fingerprint density at radius 2 is 1.85 bits per heavy atom. The number of aliphatic carboxylic acids is 2. The van der Waals surface area contributed by atoms with E-state index in [0.29, 0.717) is 18.1 Å². The van der Waals surface area contributed by atoms with E-state index >= 15 is 0 Å². The first-order chi connectivity index (χ1) is 12.3. The molecule has 146 valence electrons. The molecule has 0 bridgehead atoms. The van der Waals surface area contributed by atoms with Gasteiger partial charge in [0.2, 0.25) is 0 Å². The van der Waals surface area contributed by atoms with Crippen molar-refractivity contribution in [1.29, 1.82) is 0 Å². The highest BCUT2D eigenvalue weighted by atomic mass is 16.4. The van der Waals surface area contributed by atoms with E-state index in [4.69, 9.17) is 14.6 Å². The SMILES string of the molecule is Cc1occc1CN(CC(C)C)C1CCNCC1.O=C(O)/C=C/C(=O)O. The quantitative estimate of drug-likeness (QED) is 0.637. The molecule has 1 saturated heterocycles. The number of piperidine rings is 1. The van der Waals surface area contributed by atoms with Crippen LogP contribution >= 0.6 is 0 Å². The minimum absolute atomic E-state index is 0.558.